The van der Waals surface area contributed by atoms with E-state index in [1.807, 2.05) is 6.92 Å². The highest BCUT2D eigenvalue weighted by Crippen LogP contribution is 2.20. The molecule has 1 aromatic carbocycles. The summed E-state index contributed by atoms with van der Waals surface area (Å²) in [5.41, 5.74) is 0.516. The van der Waals surface area contributed by atoms with Crippen molar-refractivity contribution < 1.29 is 23.8 Å². The minimum absolute atomic E-state index is 0.174. The Balaban J connectivity index is 2.72. The van der Waals surface area contributed by atoms with Crippen LogP contribution in [-0.4, -0.2) is 32.3 Å². The molecule has 5 nitrogen and oxygen atoms in total. The molecule has 0 fully saturated rings. The number of ether oxygens (including phenoxy) is 3. The van der Waals surface area contributed by atoms with Crippen molar-refractivity contribution in [3.63, 3.8) is 0 Å². The number of rotatable bonds is 9. The molecule has 5 heteroatoms. The first-order valence-electron chi connectivity index (χ1n) is 7.25. The minimum Gasteiger partial charge on any atom is -0.462 e. The van der Waals surface area contributed by atoms with Crippen molar-refractivity contribution in [1.29, 1.82) is 0 Å². The molecule has 0 saturated heterocycles. The predicted octanol–water partition coefficient (Wildman–Crippen LogP) is 3.14. The molecule has 0 aliphatic carbocycles. The number of methoxy groups -OCH3 is 1. The van der Waals surface area contributed by atoms with Gasteiger partial charge in [0.05, 0.1) is 13.2 Å². The van der Waals surface area contributed by atoms with Crippen LogP contribution in [0.15, 0.2) is 36.4 Å². The third kappa shape index (κ3) is 5.69. The molecule has 0 N–H and O–H groups in total. The molecule has 0 aliphatic rings. The van der Waals surface area contributed by atoms with Gasteiger partial charge in [0, 0.05) is 19.1 Å². The summed E-state index contributed by atoms with van der Waals surface area (Å²) >= 11 is 0. The number of carbonyl (C=O) groups is 2. The van der Waals surface area contributed by atoms with Crippen LogP contribution in [0, 0.1) is 0 Å². The molecule has 0 amide bonds. The number of unbranched alkanes of at least 4 members (excludes halogenated alkanes) is 1. The zero-order chi connectivity index (χ0) is 16.4. The molecule has 0 heterocycles. The number of hydrogen-bond acceptors (Lipinski definition) is 5. The molecule has 0 saturated carbocycles. The Kier molecular flexibility index (Phi) is 7.92. The van der Waals surface area contributed by atoms with Crippen molar-refractivity contribution in [2.45, 2.75) is 26.2 Å². The van der Waals surface area contributed by atoms with E-state index in [-0.39, 0.29) is 16.9 Å². The van der Waals surface area contributed by atoms with Gasteiger partial charge in [-0.25, -0.2) is 9.59 Å². The maximum atomic E-state index is 12.0. The highest BCUT2D eigenvalue weighted by Gasteiger charge is 2.17. The topological polar surface area (TPSA) is 61.8 Å². The minimum atomic E-state index is -0.578. The van der Waals surface area contributed by atoms with Crippen LogP contribution in [0.1, 0.15) is 36.5 Å². The fourth-order valence-corrected chi connectivity index (χ4v) is 1.61. The van der Waals surface area contributed by atoms with Crippen molar-refractivity contribution in [2.75, 3.05) is 20.3 Å². The highest BCUT2D eigenvalue weighted by atomic mass is 16.5. The third-order valence-corrected chi connectivity index (χ3v) is 2.94. The second-order valence-corrected chi connectivity index (χ2v) is 4.72. The Labute approximate surface area is 130 Å². The van der Waals surface area contributed by atoms with E-state index in [2.05, 4.69) is 6.58 Å². The molecule has 0 spiro atoms. The molecule has 1 aromatic rings. The molecule has 0 unspecified atom stereocenters. The standard InChI is InChI=1S/C17H22O5/c1-4-5-11-21-17(19)14-8-6-7-9-15(14)22-16(18)13(2)10-12-20-3/h6-9H,2,4-5,10-12H2,1,3H3. The van der Waals surface area contributed by atoms with Crippen LogP contribution in [0.2, 0.25) is 0 Å². The molecule has 0 aliphatic heterocycles. The molecule has 0 aromatic heterocycles. The maximum absolute atomic E-state index is 12.0. The Morgan fingerprint density at radius 1 is 1.18 bits per heavy atom. The van der Waals surface area contributed by atoms with E-state index in [4.69, 9.17) is 14.2 Å². The fourth-order valence-electron chi connectivity index (χ4n) is 1.61. The van der Waals surface area contributed by atoms with Gasteiger partial charge in [-0.3, -0.25) is 0 Å². The van der Waals surface area contributed by atoms with E-state index in [0.29, 0.717) is 19.6 Å². The highest BCUT2D eigenvalue weighted by molar-refractivity contribution is 5.95. The molecule has 120 valence electrons. The van der Waals surface area contributed by atoms with E-state index < -0.39 is 11.9 Å². The Hall–Kier alpha value is -2.14. The van der Waals surface area contributed by atoms with Crippen LogP contribution in [0.5, 0.6) is 5.75 Å². The van der Waals surface area contributed by atoms with Crippen molar-refractivity contribution in [3.8, 4) is 5.75 Å². The lowest BCUT2D eigenvalue weighted by Gasteiger charge is -2.10. The van der Waals surface area contributed by atoms with Gasteiger partial charge >= 0.3 is 11.9 Å². The van der Waals surface area contributed by atoms with E-state index in [1.54, 1.807) is 31.4 Å². The van der Waals surface area contributed by atoms with Gasteiger partial charge in [0.15, 0.2) is 0 Å². The summed E-state index contributed by atoms with van der Waals surface area (Å²) < 4.78 is 15.3. The van der Waals surface area contributed by atoms with Gasteiger partial charge in [0.2, 0.25) is 0 Å². The summed E-state index contributed by atoms with van der Waals surface area (Å²) in [6, 6.07) is 6.49. The molecule has 22 heavy (non-hydrogen) atoms. The van der Waals surface area contributed by atoms with Crippen molar-refractivity contribution >= 4 is 11.9 Å². The fraction of sp³-hybridized carbons (Fsp3) is 0.412. The van der Waals surface area contributed by atoms with Crippen LogP contribution < -0.4 is 4.74 Å². The van der Waals surface area contributed by atoms with Gasteiger partial charge in [-0.15, -0.1) is 0 Å². The summed E-state index contributed by atoms with van der Waals surface area (Å²) in [7, 11) is 1.54. The van der Waals surface area contributed by atoms with Crippen LogP contribution >= 0.6 is 0 Å². The number of para-hydroxylation sites is 1. The molecule has 0 radical (unpaired) electrons. The molecular weight excluding hydrogens is 284 g/mol. The number of esters is 2. The molecular formula is C17H22O5. The second kappa shape index (κ2) is 9.73. The monoisotopic (exact) mass is 306 g/mol. The largest absolute Gasteiger partial charge is 0.462 e. The second-order valence-electron chi connectivity index (χ2n) is 4.72. The zero-order valence-electron chi connectivity index (χ0n) is 13.1. The normalized spacial score (nSPS) is 10.1. The Morgan fingerprint density at radius 2 is 1.91 bits per heavy atom. The first-order valence-corrected chi connectivity index (χ1v) is 7.25. The van der Waals surface area contributed by atoms with Gasteiger partial charge in [0.25, 0.3) is 0 Å². The molecule has 1 rings (SSSR count). The first kappa shape index (κ1) is 17.9. The summed E-state index contributed by atoms with van der Waals surface area (Å²) in [6.45, 7) is 6.39. The molecule has 0 bridgehead atoms. The van der Waals surface area contributed by atoms with E-state index >= 15 is 0 Å². The van der Waals surface area contributed by atoms with Gasteiger partial charge in [-0.05, 0) is 18.6 Å². The Morgan fingerprint density at radius 3 is 2.59 bits per heavy atom. The smallest absolute Gasteiger partial charge is 0.341 e. The summed E-state index contributed by atoms with van der Waals surface area (Å²) in [6.07, 6.45) is 2.10. The zero-order valence-corrected chi connectivity index (χ0v) is 13.1. The van der Waals surface area contributed by atoms with Gasteiger partial charge in [-0.1, -0.05) is 32.1 Å². The lowest BCUT2D eigenvalue weighted by atomic mass is 10.2. The predicted molar refractivity (Wildman–Crippen MR) is 82.9 cm³/mol. The summed E-state index contributed by atoms with van der Waals surface area (Å²) in [5, 5.41) is 0. The Bertz CT molecular complexity index is 522. The molecule has 0 atom stereocenters. The van der Waals surface area contributed by atoms with Crippen LogP contribution in [-0.2, 0) is 14.3 Å². The third-order valence-electron chi connectivity index (χ3n) is 2.94. The quantitative estimate of drug-likeness (QED) is 0.303. The van der Waals surface area contributed by atoms with E-state index in [9.17, 15) is 9.59 Å². The summed E-state index contributed by atoms with van der Waals surface area (Å²) in [4.78, 5) is 23.9. The lowest BCUT2D eigenvalue weighted by Crippen LogP contribution is -2.15. The van der Waals surface area contributed by atoms with Crippen LogP contribution in [0.3, 0.4) is 0 Å². The van der Waals surface area contributed by atoms with Gasteiger partial charge < -0.3 is 14.2 Å². The average molecular weight is 306 g/mol. The first-order chi connectivity index (χ1) is 10.6. The SMILES string of the molecule is C=C(CCOC)C(=O)Oc1ccccc1C(=O)OCCCC. The average Bonchev–Trinajstić information content (AvgIpc) is 2.53. The van der Waals surface area contributed by atoms with Gasteiger partial charge in [0.1, 0.15) is 11.3 Å². The lowest BCUT2D eigenvalue weighted by molar-refractivity contribution is -0.130. The number of carbonyl (C=O) groups excluding carboxylic acids is 2. The number of hydrogen-bond donors (Lipinski definition) is 0. The summed E-state index contributed by atoms with van der Waals surface area (Å²) in [5.74, 6) is -0.905. The van der Waals surface area contributed by atoms with Gasteiger partial charge in [-0.2, -0.15) is 0 Å². The van der Waals surface area contributed by atoms with Crippen LogP contribution in [0.4, 0.5) is 0 Å². The maximum Gasteiger partial charge on any atom is 0.341 e. The van der Waals surface area contributed by atoms with Crippen molar-refractivity contribution in [3.05, 3.63) is 42.0 Å². The van der Waals surface area contributed by atoms with Crippen LogP contribution in [0.25, 0.3) is 0 Å². The van der Waals surface area contributed by atoms with E-state index in [1.165, 1.54) is 0 Å². The van der Waals surface area contributed by atoms with Crippen molar-refractivity contribution in [2.24, 2.45) is 0 Å². The van der Waals surface area contributed by atoms with E-state index in [0.717, 1.165) is 12.8 Å². The van der Waals surface area contributed by atoms with Crippen molar-refractivity contribution in [1.82, 2.24) is 0 Å². The number of benzene rings is 1.